The first kappa shape index (κ1) is 24.5. The molecule has 2 aliphatic carbocycles. The molecule has 0 saturated heterocycles. The Kier molecular flexibility index (Phi) is 8.15. The molecule has 32 heavy (non-hydrogen) atoms. The van der Waals surface area contributed by atoms with Crippen molar-refractivity contribution in [2.75, 3.05) is 26.4 Å². The third-order valence-electron chi connectivity index (χ3n) is 5.80. The van der Waals surface area contributed by atoms with Gasteiger partial charge in [0.2, 0.25) is 0 Å². The summed E-state index contributed by atoms with van der Waals surface area (Å²) in [4.78, 5) is 26.6. The fourth-order valence-electron chi connectivity index (χ4n) is 4.52. The summed E-state index contributed by atoms with van der Waals surface area (Å²) in [6.07, 6.45) is 10.0. The van der Waals surface area contributed by atoms with Crippen molar-refractivity contribution >= 4 is 23.4 Å². The standard InChI is InChI=1S/C25H33ClN2O4/c1-4-32-24(30)23-18(10-12-31-13-11-27)28-19-14-25(2,3)15-20(29)22(19)21(23)16-8-6-5-7-9-17(16)26/h6-9,21,28H,4-5,10-15,27H2,1-3H3. The minimum Gasteiger partial charge on any atom is -0.463 e. The minimum atomic E-state index is -0.579. The maximum absolute atomic E-state index is 13.4. The van der Waals surface area contributed by atoms with Gasteiger partial charge in [0.25, 0.3) is 0 Å². The van der Waals surface area contributed by atoms with Crippen molar-refractivity contribution < 1.29 is 19.1 Å². The molecule has 3 N–H and O–H groups in total. The van der Waals surface area contributed by atoms with Crippen LogP contribution in [0, 0.1) is 11.3 Å². The van der Waals surface area contributed by atoms with E-state index >= 15 is 0 Å². The van der Waals surface area contributed by atoms with Gasteiger partial charge in [-0.2, -0.15) is 0 Å². The molecule has 3 rings (SSSR count). The SMILES string of the molecule is CCOC(=O)C1=C(CCOCCN)NC2=C(C(=O)CC(C)(C)C2)C1C1=C(Cl)C=CCC=C1. The molecule has 0 aromatic heterocycles. The Morgan fingerprint density at radius 2 is 2.00 bits per heavy atom. The lowest BCUT2D eigenvalue weighted by atomic mass is 9.68. The van der Waals surface area contributed by atoms with Gasteiger partial charge in [0, 0.05) is 47.3 Å². The van der Waals surface area contributed by atoms with Crippen molar-refractivity contribution in [2.45, 2.75) is 46.5 Å². The molecule has 6 nitrogen and oxygen atoms in total. The molecule has 0 fully saturated rings. The Balaban J connectivity index is 2.17. The Bertz CT molecular complexity index is 924. The molecule has 1 unspecified atom stereocenters. The summed E-state index contributed by atoms with van der Waals surface area (Å²) in [5.41, 5.74) is 8.73. The maximum atomic E-state index is 13.4. The molecule has 0 amide bonds. The number of hydrogen-bond donors (Lipinski definition) is 2. The van der Waals surface area contributed by atoms with Gasteiger partial charge < -0.3 is 20.5 Å². The Morgan fingerprint density at radius 3 is 2.72 bits per heavy atom. The van der Waals surface area contributed by atoms with Crippen molar-refractivity contribution in [1.82, 2.24) is 5.32 Å². The second-order valence-corrected chi connectivity index (χ2v) is 9.41. The van der Waals surface area contributed by atoms with Gasteiger partial charge in [0.1, 0.15) is 0 Å². The molecule has 0 aromatic rings. The molecule has 174 valence electrons. The number of ether oxygens (including phenoxy) is 2. The number of Topliss-reactive ketones (excluding diaryl/α,β-unsaturated/α-hetero) is 1. The van der Waals surface area contributed by atoms with Gasteiger partial charge in [-0.05, 0) is 36.8 Å². The largest absolute Gasteiger partial charge is 0.463 e. The summed E-state index contributed by atoms with van der Waals surface area (Å²) >= 11 is 6.67. The van der Waals surface area contributed by atoms with Crippen LogP contribution < -0.4 is 11.1 Å². The van der Waals surface area contributed by atoms with E-state index in [0.29, 0.717) is 60.9 Å². The maximum Gasteiger partial charge on any atom is 0.336 e. The molecular weight excluding hydrogens is 428 g/mol. The van der Waals surface area contributed by atoms with Crippen molar-refractivity contribution in [1.29, 1.82) is 0 Å². The molecule has 7 heteroatoms. The normalized spacial score (nSPS) is 22.7. The van der Waals surface area contributed by atoms with Crippen LogP contribution in [0.5, 0.6) is 0 Å². The smallest absolute Gasteiger partial charge is 0.336 e. The van der Waals surface area contributed by atoms with Crippen LogP contribution in [-0.2, 0) is 19.1 Å². The van der Waals surface area contributed by atoms with E-state index in [4.69, 9.17) is 26.8 Å². The Labute approximate surface area is 195 Å². The zero-order valence-corrected chi connectivity index (χ0v) is 19.9. The Morgan fingerprint density at radius 1 is 1.25 bits per heavy atom. The summed E-state index contributed by atoms with van der Waals surface area (Å²) < 4.78 is 11.0. The van der Waals surface area contributed by atoms with Gasteiger partial charge in [-0.15, -0.1) is 0 Å². The number of nitrogens with two attached hydrogens (primary N) is 1. The summed E-state index contributed by atoms with van der Waals surface area (Å²) in [5.74, 6) is -0.987. The van der Waals surface area contributed by atoms with Crippen LogP contribution in [0.4, 0.5) is 0 Å². The van der Waals surface area contributed by atoms with E-state index in [-0.39, 0.29) is 17.8 Å². The van der Waals surface area contributed by atoms with Crippen molar-refractivity contribution in [3.63, 3.8) is 0 Å². The molecule has 0 saturated carbocycles. The second-order valence-electron chi connectivity index (χ2n) is 9.00. The van der Waals surface area contributed by atoms with Gasteiger partial charge >= 0.3 is 5.97 Å². The molecule has 0 spiro atoms. The first-order chi connectivity index (χ1) is 15.3. The average Bonchev–Trinajstić information content (AvgIpc) is 2.93. The minimum absolute atomic E-state index is 0.0348. The lowest BCUT2D eigenvalue weighted by molar-refractivity contribution is -0.139. The third kappa shape index (κ3) is 5.42. The van der Waals surface area contributed by atoms with E-state index in [9.17, 15) is 9.59 Å². The van der Waals surface area contributed by atoms with E-state index < -0.39 is 11.9 Å². The van der Waals surface area contributed by atoms with Gasteiger partial charge in [-0.3, -0.25) is 4.79 Å². The number of hydrogen-bond acceptors (Lipinski definition) is 6. The van der Waals surface area contributed by atoms with Gasteiger partial charge in [-0.25, -0.2) is 4.79 Å². The van der Waals surface area contributed by atoms with Crippen LogP contribution >= 0.6 is 11.6 Å². The third-order valence-corrected chi connectivity index (χ3v) is 6.14. The summed E-state index contributed by atoms with van der Waals surface area (Å²) in [6.45, 7) is 7.44. The summed E-state index contributed by atoms with van der Waals surface area (Å²) in [7, 11) is 0. The van der Waals surface area contributed by atoms with Crippen LogP contribution in [0.25, 0.3) is 0 Å². The predicted molar refractivity (Wildman–Crippen MR) is 126 cm³/mol. The molecule has 0 bridgehead atoms. The van der Waals surface area contributed by atoms with Crippen molar-refractivity contribution in [3.8, 4) is 0 Å². The molecule has 1 atom stereocenters. The molecule has 1 heterocycles. The highest BCUT2D eigenvalue weighted by atomic mass is 35.5. The average molecular weight is 461 g/mol. The highest BCUT2D eigenvalue weighted by Gasteiger charge is 2.44. The fourth-order valence-corrected chi connectivity index (χ4v) is 4.78. The van der Waals surface area contributed by atoms with Crippen LogP contribution in [0.1, 0.15) is 46.5 Å². The Hall–Kier alpha value is -2.15. The van der Waals surface area contributed by atoms with Crippen molar-refractivity contribution in [2.24, 2.45) is 17.1 Å². The van der Waals surface area contributed by atoms with Gasteiger partial charge in [0.15, 0.2) is 5.78 Å². The lowest BCUT2D eigenvalue weighted by Gasteiger charge is -2.40. The summed E-state index contributed by atoms with van der Waals surface area (Å²) in [5, 5.41) is 3.95. The first-order valence-electron chi connectivity index (χ1n) is 11.2. The lowest BCUT2D eigenvalue weighted by Crippen LogP contribution is -2.41. The number of carbonyl (C=O) groups excluding carboxylic acids is 2. The van der Waals surface area contributed by atoms with E-state index in [2.05, 4.69) is 19.2 Å². The van der Waals surface area contributed by atoms with Crippen LogP contribution in [0.2, 0.25) is 0 Å². The molecule has 1 aliphatic heterocycles. The number of rotatable bonds is 8. The fraction of sp³-hybridized carbons (Fsp3) is 0.520. The van der Waals surface area contributed by atoms with Gasteiger partial charge in [-0.1, -0.05) is 43.7 Å². The molecular formula is C25H33ClN2O4. The van der Waals surface area contributed by atoms with Crippen LogP contribution in [0.15, 0.2) is 57.4 Å². The number of carbonyl (C=O) groups is 2. The molecule has 0 aromatic carbocycles. The van der Waals surface area contributed by atoms with E-state index in [1.54, 1.807) is 6.92 Å². The first-order valence-corrected chi connectivity index (χ1v) is 11.6. The monoisotopic (exact) mass is 460 g/mol. The van der Waals surface area contributed by atoms with E-state index in [1.807, 2.05) is 24.3 Å². The molecule has 0 radical (unpaired) electrons. The van der Waals surface area contributed by atoms with E-state index in [0.717, 1.165) is 17.7 Å². The zero-order valence-electron chi connectivity index (χ0n) is 19.1. The molecule has 3 aliphatic rings. The number of esters is 1. The number of dihydropyridines is 1. The zero-order chi connectivity index (χ0) is 23.3. The number of allylic oxidation sites excluding steroid dienone is 8. The van der Waals surface area contributed by atoms with Crippen LogP contribution in [-0.4, -0.2) is 38.1 Å². The van der Waals surface area contributed by atoms with Crippen molar-refractivity contribution in [3.05, 3.63) is 57.4 Å². The highest BCUT2D eigenvalue weighted by Crippen LogP contribution is 2.47. The van der Waals surface area contributed by atoms with Gasteiger partial charge in [0.05, 0.1) is 25.4 Å². The second kappa shape index (κ2) is 10.6. The highest BCUT2D eigenvalue weighted by molar-refractivity contribution is 6.32. The number of nitrogens with one attached hydrogen (secondary N) is 1. The number of ketones is 1. The predicted octanol–water partition coefficient (Wildman–Crippen LogP) is 4.04. The van der Waals surface area contributed by atoms with E-state index in [1.165, 1.54) is 0 Å². The summed E-state index contributed by atoms with van der Waals surface area (Å²) in [6, 6.07) is 0. The quantitative estimate of drug-likeness (QED) is 0.419. The topological polar surface area (TPSA) is 90.7 Å². The van der Waals surface area contributed by atoms with Crippen LogP contribution in [0.3, 0.4) is 0 Å². The number of halogens is 1.